The van der Waals surface area contributed by atoms with Gasteiger partial charge in [0.05, 0.1) is 12.5 Å². The van der Waals surface area contributed by atoms with E-state index in [1.807, 2.05) is 12.2 Å². The van der Waals surface area contributed by atoms with Crippen molar-refractivity contribution in [3.05, 3.63) is 12.2 Å². The van der Waals surface area contributed by atoms with Gasteiger partial charge in [-0.15, -0.1) is 0 Å². The highest BCUT2D eigenvalue weighted by Gasteiger charge is 2.53. The van der Waals surface area contributed by atoms with Crippen LogP contribution in [0.3, 0.4) is 0 Å². The SMILES string of the molecule is CCCCCC/C=C/CC[N+](C(CC)C(=O)[O-])(C(CC)C(=O)O)C(CC)C(=O)O. The molecule has 0 spiro atoms. The van der Waals surface area contributed by atoms with Crippen molar-refractivity contribution in [3.63, 3.8) is 0 Å². The molecule has 3 unspecified atom stereocenters. The van der Waals surface area contributed by atoms with Gasteiger partial charge in [-0.3, -0.25) is 4.48 Å². The maximum atomic E-state index is 12.1. The number of carboxylic acids is 3. The molecule has 2 N–H and O–H groups in total. The fraction of sp³-hybridized carbons (Fsp3) is 0.773. The number of carbonyl (C=O) groups is 3. The molecule has 168 valence electrons. The minimum Gasteiger partial charge on any atom is -0.544 e. The number of quaternary nitrogens is 1. The third-order valence-electron chi connectivity index (χ3n) is 5.82. The van der Waals surface area contributed by atoms with Crippen molar-refractivity contribution < 1.29 is 34.2 Å². The summed E-state index contributed by atoms with van der Waals surface area (Å²) in [4.78, 5) is 36.1. The van der Waals surface area contributed by atoms with Gasteiger partial charge in [0.25, 0.3) is 0 Å². The van der Waals surface area contributed by atoms with Gasteiger partial charge in [0.1, 0.15) is 6.04 Å². The summed E-state index contributed by atoms with van der Waals surface area (Å²) in [5, 5.41) is 31.7. The fourth-order valence-corrected chi connectivity index (χ4v) is 4.49. The van der Waals surface area contributed by atoms with Crippen LogP contribution in [-0.4, -0.2) is 57.3 Å². The van der Waals surface area contributed by atoms with E-state index in [1.165, 1.54) is 6.42 Å². The summed E-state index contributed by atoms with van der Waals surface area (Å²) < 4.78 is -0.517. The molecule has 0 bridgehead atoms. The largest absolute Gasteiger partial charge is 0.544 e. The smallest absolute Gasteiger partial charge is 0.362 e. The standard InChI is InChI=1S/C22H39NO6/c1-5-9-10-11-12-13-14-15-16-23(17(6-2)20(24)25,18(7-3)21(26)27)19(8-4)22(28)29/h13-14,17-19H,5-12,15-16H2,1-4H3,(H2-,24,25,26,27,28,29)/b14-13+. The molecule has 3 atom stereocenters. The van der Waals surface area contributed by atoms with Crippen molar-refractivity contribution in [1.82, 2.24) is 0 Å². The highest BCUT2D eigenvalue weighted by molar-refractivity contribution is 5.77. The van der Waals surface area contributed by atoms with E-state index < -0.39 is 40.5 Å². The number of rotatable bonds is 17. The number of carbonyl (C=O) groups excluding carboxylic acids is 1. The summed E-state index contributed by atoms with van der Waals surface area (Å²) in [5.74, 6) is -3.73. The molecule has 29 heavy (non-hydrogen) atoms. The van der Waals surface area contributed by atoms with E-state index in [0.717, 1.165) is 25.7 Å². The lowest BCUT2D eigenvalue weighted by Gasteiger charge is -2.51. The molecular formula is C22H39NO6. The monoisotopic (exact) mass is 413 g/mol. The molecule has 0 aromatic heterocycles. The Morgan fingerprint density at radius 3 is 1.66 bits per heavy atom. The van der Waals surface area contributed by atoms with Crippen molar-refractivity contribution in [2.45, 2.75) is 104 Å². The first-order chi connectivity index (χ1) is 13.7. The zero-order chi connectivity index (χ0) is 22.4. The quantitative estimate of drug-likeness (QED) is 0.215. The molecule has 0 radical (unpaired) electrons. The third-order valence-corrected chi connectivity index (χ3v) is 5.82. The maximum Gasteiger partial charge on any atom is 0.362 e. The van der Waals surface area contributed by atoms with Gasteiger partial charge in [0, 0.05) is 25.7 Å². The van der Waals surface area contributed by atoms with Crippen molar-refractivity contribution in [2.24, 2.45) is 0 Å². The summed E-state index contributed by atoms with van der Waals surface area (Å²) in [6.45, 7) is 7.24. The van der Waals surface area contributed by atoms with Gasteiger partial charge in [-0.25, -0.2) is 9.59 Å². The van der Waals surface area contributed by atoms with E-state index in [1.54, 1.807) is 20.8 Å². The number of carboxylic acid groups (broad SMARTS) is 3. The van der Waals surface area contributed by atoms with Gasteiger partial charge in [0.15, 0.2) is 12.1 Å². The molecule has 0 saturated heterocycles. The number of allylic oxidation sites excluding steroid dienone is 1. The average Bonchev–Trinajstić information content (AvgIpc) is 2.64. The molecule has 0 aliphatic rings. The maximum absolute atomic E-state index is 12.1. The Morgan fingerprint density at radius 1 is 0.793 bits per heavy atom. The Balaban J connectivity index is 5.91. The zero-order valence-electron chi connectivity index (χ0n) is 18.4. The van der Waals surface area contributed by atoms with Gasteiger partial charge >= 0.3 is 11.9 Å². The number of nitrogens with zero attached hydrogens (tertiary/aromatic N) is 1. The molecule has 0 saturated carbocycles. The minimum absolute atomic E-state index is 0.108. The van der Waals surface area contributed by atoms with Crippen molar-refractivity contribution in [3.8, 4) is 0 Å². The first-order valence-corrected chi connectivity index (χ1v) is 10.9. The van der Waals surface area contributed by atoms with Gasteiger partial charge in [0.2, 0.25) is 0 Å². The molecule has 0 aliphatic heterocycles. The van der Waals surface area contributed by atoms with E-state index in [2.05, 4.69) is 6.92 Å². The molecule has 0 aromatic carbocycles. The predicted molar refractivity (Wildman–Crippen MR) is 110 cm³/mol. The molecule has 0 amide bonds. The van der Waals surface area contributed by atoms with Crippen molar-refractivity contribution >= 4 is 17.9 Å². The molecule has 0 aromatic rings. The Kier molecular flexibility index (Phi) is 13.2. The highest BCUT2D eigenvalue weighted by Crippen LogP contribution is 2.31. The molecule has 7 heteroatoms. The van der Waals surface area contributed by atoms with Crippen molar-refractivity contribution in [2.75, 3.05) is 6.54 Å². The van der Waals surface area contributed by atoms with Crippen LogP contribution in [0.5, 0.6) is 0 Å². The van der Waals surface area contributed by atoms with Crippen LogP contribution in [0.25, 0.3) is 0 Å². The van der Waals surface area contributed by atoms with Crippen LogP contribution in [0.2, 0.25) is 0 Å². The lowest BCUT2D eigenvalue weighted by Crippen LogP contribution is -2.73. The zero-order valence-corrected chi connectivity index (χ0v) is 18.4. The van der Waals surface area contributed by atoms with Crippen LogP contribution < -0.4 is 5.11 Å². The fourth-order valence-electron chi connectivity index (χ4n) is 4.49. The van der Waals surface area contributed by atoms with Gasteiger partial charge in [-0.2, -0.15) is 0 Å². The van der Waals surface area contributed by atoms with Gasteiger partial charge in [-0.1, -0.05) is 59.1 Å². The molecule has 0 fully saturated rings. The highest BCUT2D eigenvalue weighted by atomic mass is 16.4. The summed E-state index contributed by atoms with van der Waals surface area (Å²) >= 11 is 0. The number of hydrogen-bond acceptors (Lipinski definition) is 4. The number of aliphatic carboxylic acids is 3. The Bertz CT molecular complexity index is 490. The summed E-state index contributed by atoms with van der Waals surface area (Å²) in [7, 11) is 0. The molecular weight excluding hydrogens is 374 g/mol. The molecule has 0 rings (SSSR count). The lowest BCUT2D eigenvalue weighted by atomic mass is 9.94. The third kappa shape index (κ3) is 7.46. The van der Waals surface area contributed by atoms with Crippen LogP contribution >= 0.6 is 0 Å². The predicted octanol–water partition coefficient (Wildman–Crippen LogP) is 2.97. The summed E-state index contributed by atoms with van der Waals surface area (Å²) in [6, 6.07) is -3.45. The van der Waals surface area contributed by atoms with Gasteiger partial charge in [-0.05, 0) is 12.8 Å². The first kappa shape index (κ1) is 27.1. The van der Waals surface area contributed by atoms with Gasteiger partial charge < -0.3 is 20.1 Å². The second-order valence-electron chi connectivity index (χ2n) is 7.60. The Labute approximate surface area is 175 Å². The normalized spacial score (nSPS) is 16.8. The van der Waals surface area contributed by atoms with E-state index in [0.29, 0.717) is 6.42 Å². The van der Waals surface area contributed by atoms with E-state index >= 15 is 0 Å². The summed E-state index contributed by atoms with van der Waals surface area (Å²) in [6.07, 6.45) is 10.2. The van der Waals surface area contributed by atoms with Crippen LogP contribution in [0.1, 0.15) is 85.5 Å². The van der Waals surface area contributed by atoms with Crippen LogP contribution in [0.15, 0.2) is 12.2 Å². The second kappa shape index (κ2) is 14.1. The van der Waals surface area contributed by atoms with Crippen LogP contribution in [-0.2, 0) is 14.4 Å². The van der Waals surface area contributed by atoms with Crippen LogP contribution in [0, 0.1) is 0 Å². The van der Waals surface area contributed by atoms with E-state index in [9.17, 15) is 29.7 Å². The summed E-state index contributed by atoms with van der Waals surface area (Å²) in [5.41, 5.74) is 0. The average molecular weight is 414 g/mol. The topological polar surface area (TPSA) is 115 Å². The number of hydrogen-bond donors (Lipinski definition) is 2. The lowest BCUT2D eigenvalue weighted by molar-refractivity contribution is -0.974. The van der Waals surface area contributed by atoms with Crippen molar-refractivity contribution in [1.29, 1.82) is 0 Å². The van der Waals surface area contributed by atoms with Crippen LogP contribution in [0.4, 0.5) is 0 Å². The first-order valence-electron chi connectivity index (χ1n) is 10.9. The van der Waals surface area contributed by atoms with E-state index in [4.69, 9.17) is 0 Å². The number of unbranched alkanes of at least 4 members (excludes halogenated alkanes) is 4. The minimum atomic E-state index is -1.39. The van der Waals surface area contributed by atoms with E-state index in [-0.39, 0.29) is 25.8 Å². The Morgan fingerprint density at radius 2 is 1.28 bits per heavy atom. The second-order valence-corrected chi connectivity index (χ2v) is 7.60. The molecule has 0 heterocycles. The Hall–Kier alpha value is -1.89. The molecule has 7 nitrogen and oxygen atoms in total. The molecule has 0 aliphatic carbocycles.